The van der Waals surface area contributed by atoms with Gasteiger partial charge in [0.25, 0.3) is 0 Å². The molecule has 2 N–H and O–H groups in total. The van der Waals surface area contributed by atoms with Crippen LogP contribution in [0, 0.1) is 0 Å². The summed E-state index contributed by atoms with van der Waals surface area (Å²) >= 11 is 4.12. The van der Waals surface area contributed by atoms with Gasteiger partial charge in [-0.1, -0.05) is 18.2 Å². The molecular weight excluding hydrogens is 230 g/mol. The van der Waals surface area contributed by atoms with E-state index in [4.69, 9.17) is 10.5 Å². The van der Waals surface area contributed by atoms with E-state index in [1.165, 1.54) is 0 Å². The molecule has 15 heavy (non-hydrogen) atoms. The first kappa shape index (κ1) is 14.6. The SMILES string of the molecule is Cl.N[C@@H](CS)CCCOc1ccccc1. The topological polar surface area (TPSA) is 35.2 Å². The second kappa shape index (κ2) is 8.89. The zero-order valence-corrected chi connectivity index (χ0v) is 10.3. The van der Waals surface area contributed by atoms with E-state index in [2.05, 4.69) is 12.6 Å². The highest BCUT2D eigenvalue weighted by Crippen LogP contribution is 2.09. The zero-order chi connectivity index (χ0) is 10.2. The van der Waals surface area contributed by atoms with E-state index in [9.17, 15) is 0 Å². The maximum Gasteiger partial charge on any atom is 0.119 e. The molecule has 0 aliphatic rings. The fraction of sp³-hybridized carbons (Fsp3) is 0.455. The fourth-order valence-corrected chi connectivity index (χ4v) is 1.33. The van der Waals surface area contributed by atoms with Crippen LogP contribution in [-0.4, -0.2) is 18.4 Å². The quantitative estimate of drug-likeness (QED) is 0.599. The number of ether oxygens (including phenoxy) is 1. The van der Waals surface area contributed by atoms with Crippen LogP contribution in [-0.2, 0) is 0 Å². The van der Waals surface area contributed by atoms with Crippen LogP contribution in [0.5, 0.6) is 5.75 Å². The summed E-state index contributed by atoms with van der Waals surface area (Å²) in [5, 5.41) is 0. The highest BCUT2D eigenvalue weighted by molar-refractivity contribution is 7.80. The van der Waals surface area contributed by atoms with Crippen LogP contribution in [0.2, 0.25) is 0 Å². The molecule has 0 heterocycles. The Morgan fingerprint density at radius 3 is 2.53 bits per heavy atom. The van der Waals surface area contributed by atoms with Crippen LogP contribution in [0.1, 0.15) is 12.8 Å². The molecule has 1 aromatic carbocycles. The Morgan fingerprint density at radius 1 is 1.27 bits per heavy atom. The summed E-state index contributed by atoms with van der Waals surface area (Å²) < 4.78 is 5.52. The first-order valence-corrected chi connectivity index (χ1v) is 5.50. The van der Waals surface area contributed by atoms with Gasteiger partial charge in [-0.05, 0) is 25.0 Å². The molecule has 0 fully saturated rings. The minimum absolute atomic E-state index is 0. The highest BCUT2D eigenvalue weighted by atomic mass is 35.5. The summed E-state index contributed by atoms with van der Waals surface area (Å²) in [6, 6.07) is 10.0. The Hall–Kier alpha value is -0.380. The van der Waals surface area contributed by atoms with Crippen LogP contribution in [0.15, 0.2) is 30.3 Å². The molecule has 0 aromatic heterocycles. The maximum atomic E-state index is 5.72. The van der Waals surface area contributed by atoms with Crippen molar-refractivity contribution < 1.29 is 4.74 Å². The monoisotopic (exact) mass is 247 g/mol. The molecule has 0 saturated heterocycles. The predicted octanol–water partition coefficient (Wildman–Crippen LogP) is 2.52. The van der Waals surface area contributed by atoms with Crippen molar-refractivity contribution in [2.75, 3.05) is 12.4 Å². The van der Waals surface area contributed by atoms with Gasteiger partial charge in [0.15, 0.2) is 0 Å². The highest BCUT2D eigenvalue weighted by Gasteiger charge is 1.99. The molecule has 4 heteroatoms. The standard InChI is InChI=1S/C11H17NOS.ClH/c12-10(9-14)5-4-8-13-11-6-2-1-3-7-11;/h1-3,6-7,10,14H,4-5,8-9,12H2;1H/t10-;/m1./s1. The third kappa shape index (κ3) is 6.66. The number of para-hydroxylation sites is 1. The van der Waals surface area contributed by atoms with Crippen molar-refractivity contribution in [1.29, 1.82) is 0 Å². The van der Waals surface area contributed by atoms with E-state index in [1.807, 2.05) is 30.3 Å². The predicted molar refractivity (Wildman–Crippen MR) is 70.2 cm³/mol. The molecule has 1 rings (SSSR count). The molecule has 1 aromatic rings. The molecule has 0 bridgehead atoms. The molecule has 0 saturated carbocycles. The molecule has 0 spiro atoms. The lowest BCUT2D eigenvalue weighted by Gasteiger charge is -2.08. The van der Waals surface area contributed by atoms with Crippen molar-refractivity contribution in [2.45, 2.75) is 18.9 Å². The van der Waals surface area contributed by atoms with Gasteiger partial charge in [0.05, 0.1) is 6.61 Å². The van der Waals surface area contributed by atoms with Crippen molar-refractivity contribution in [1.82, 2.24) is 0 Å². The molecule has 0 amide bonds. The second-order valence-corrected chi connectivity index (χ2v) is 3.61. The Bertz CT molecular complexity index is 246. The molecule has 1 atom stereocenters. The number of nitrogens with two attached hydrogens (primary N) is 1. The van der Waals surface area contributed by atoms with Crippen LogP contribution in [0.25, 0.3) is 0 Å². The van der Waals surface area contributed by atoms with E-state index in [0.29, 0.717) is 0 Å². The summed E-state index contributed by atoms with van der Waals surface area (Å²) in [7, 11) is 0. The summed E-state index contributed by atoms with van der Waals surface area (Å²) in [5.41, 5.74) is 5.72. The number of thiol groups is 1. The van der Waals surface area contributed by atoms with E-state index >= 15 is 0 Å². The summed E-state index contributed by atoms with van der Waals surface area (Å²) in [6.07, 6.45) is 1.95. The Labute approximate surface area is 103 Å². The van der Waals surface area contributed by atoms with Crippen LogP contribution in [0.3, 0.4) is 0 Å². The van der Waals surface area contributed by atoms with Crippen molar-refractivity contribution in [3.05, 3.63) is 30.3 Å². The fourth-order valence-electron chi connectivity index (χ4n) is 1.14. The lowest BCUT2D eigenvalue weighted by atomic mass is 10.2. The van der Waals surface area contributed by atoms with Gasteiger partial charge in [0.2, 0.25) is 0 Å². The number of rotatable bonds is 6. The zero-order valence-electron chi connectivity index (χ0n) is 8.63. The first-order chi connectivity index (χ1) is 6.83. The Morgan fingerprint density at radius 2 is 1.93 bits per heavy atom. The van der Waals surface area contributed by atoms with E-state index in [-0.39, 0.29) is 18.4 Å². The summed E-state index contributed by atoms with van der Waals surface area (Å²) in [5.74, 6) is 1.66. The number of benzene rings is 1. The van der Waals surface area contributed by atoms with Crippen LogP contribution < -0.4 is 10.5 Å². The van der Waals surface area contributed by atoms with Gasteiger partial charge >= 0.3 is 0 Å². The average Bonchev–Trinajstić information content (AvgIpc) is 2.25. The minimum Gasteiger partial charge on any atom is -0.494 e. The third-order valence-electron chi connectivity index (χ3n) is 1.97. The molecule has 0 radical (unpaired) electrons. The van der Waals surface area contributed by atoms with Gasteiger partial charge < -0.3 is 10.5 Å². The van der Waals surface area contributed by atoms with Crippen molar-refractivity contribution in [3.8, 4) is 5.75 Å². The lowest BCUT2D eigenvalue weighted by Crippen LogP contribution is -2.22. The van der Waals surface area contributed by atoms with E-state index in [1.54, 1.807) is 0 Å². The van der Waals surface area contributed by atoms with Crippen LogP contribution >= 0.6 is 25.0 Å². The molecule has 0 unspecified atom stereocenters. The van der Waals surface area contributed by atoms with Gasteiger partial charge in [0.1, 0.15) is 5.75 Å². The van der Waals surface area contributed by atoms with Gasteiger partial charge in [-0.15, -0.1) is 12.4 Å². The third-order valence-corrected chi connectivity index (χ3v) is 2.43. The van der Waals surface area contributed by atoms with E-state index in [0.717, 1.165) is 31.0 Å². The molecular formula is C11H18ClNOS. The van der Waals surface area contributed by atoms with Crippen molar-refractivity contribution in [3.63, 3.8) is 0 Å². The molecule has 2 nitrogen and oxygen atoms in total. The Balaban J connectivity index is 0.00000196. The summed E-state index contributed by atoms with van der Waals surface area (Å²) in [4.78, 5) is 0. The smallest absolute Gasteiger partial charge is 0.119 e. The molecule has 0 aliphatic carbocycles. The van der Waals surface area contributed by atoms with Crippen molar-refractivity contribution in [2.24, 2.45) is 5.73 Å². The van der Waals surface area contributed by atoms with Crippen molar-refractivity contribution >= 4 is 25.0 Å². The van der Waals surface area contributed by atoms with Gasteiger partial charge in [-0.3, -0.25) is 0 Å². The van der Waals surface area contributed by atoms with Gasteiger partial charge in [0, 0.05) is 11.8 Å². The number of hydrogen-bond donors (Lipinski definition) is 2. The minimum atomic E-state index is 0. The van der Waals surface area contributed by atoms with Crippen LogP contribution in [0.4, 0.5) is 0 Å². The molecule has 0 aliphatic heterocycles. The summed E-state index contributed by atoms with van der Waals surface area (Å²) in [6.45, 7) is 0.728. The second-order valence-electron chi connectivity index (χ2n) is 3.25. The van der Waals surface area contributed by atoms with Gasteiger partial charge in [-0.2, -0.15) is 12.6 Å². The normalized spacial score (nSPS) is 11.6. The number of halogens is 1. The largest absolute Gasteiger partial charge is 0.494 e. The lowest BCUT2D eigenvalue weighted by molar-refractivity contribution is 0.303. The number of hydrogen-bond acceptors (Lipinski definition) is 3. The average molecular weight is 248 g/mol. The molecule has 86 valence electrons. The van der Waals surface area contributed by atoms with Gasteiger partial charge in [-0.25, -0.2) is 0 Å². The maximum absolute atomic E-state index is 5.72. The van der Waals surface area contributed by atoms with E-state index < -0.39 is 0 Å². The Kier molecular flexibility index (Phi) is 8.67. The first-order valence-electron chi connectivity index (χ1n) is 4.87.